The van der Waals surface area contributed by atoms with Crippen LogP contribution in [0.2, 0.25) is 0 Å². The predicted octanol–water partition coefficient (Wildman–Crippen LogP) is 4.10. The maximum absolute atomic E-state index is 11.3. The molecule has 0 saturated carbocycles. The van der Waals surface area contributed by atoms with Crippen LogP contribution in [0.5, 0.6) is 5.75 Å². The molecule has 1 atom stereocenters. The number of nitro benzene ring substituents is 1. The molecule has 0 radical (unpaired) electrons. The number of nitro groups is 1. The number of anilines is 1. The van der Waals surface area contributed by atoms with Crippen LogP contribution >= 0.6 is 0 Å². The van der Waals surface area contributed by atoms with Gasteiger partial charge < -0.3 is 14.7 Å². The van der Waals surface area contributed by atoms with Crippen LogP contribution in [-0.2, 0) is 0 Å². The lowest BCUT2D eigenvalue weighted by molar-refractivity contribution is -0.385. The largest absolute Gasteiger partial charge is 0.488 e. The third-order valence-electron chi connectivity index (χ3n) is 3.78. The minimum Gasteiger partial charge on any atom is -0.488 e. The predicted molar refractivity (Wildman–Crippen MR) is 93.2 cm³/mol. The molecule has 0 aromatic heterocycles. The lowest BCUT2D eigenvalue weighted by Gasteiger charge is -2.21. The maximum Gasteiger partial charge on any atom is 0.342 e. The van der Waals surface area contributed by atoms with Gasteiger partial charge in [-0.1, -0.05) is 26.2 Å². The number of benzene rings is 1. The van der Waals surface area contributed by atoms with Crippen molar-refractivity contribution in [3.8, 4) is 5.75 Å². The van der Waals surface area contributed by atoms with E-state index in [9.17, 15) is 20.0 Å². The van der Waals surface area contributed by atoms with Gasteiger partial charge in [0.15, 0.2) is 0 Å². The Bertz CT molecular complexity index is 587. The molecule has 24 heavy (non-hydrogen) atoms. The van der Waals surface area contributed by atoms with E-state index in [0.717, 1.165) is 25.7 Å². The summed E-state index contributed by atoms with van der Waals surface area (Å²) in [7, 11) is 3.48. The van der Waals surface area contributed by atoms with Crippen molar-refractivity contribution >= 4 is 17.3 Å². The topological polar surface area (TPSA) is 92.9 Å². The fourth-order valence-electron chi connectivity index (χ4n) is 2.46. The Morgan fingerprint density at radius 3 is 2.50 bits per heavy atom. The molecule has 0 unspecified atom stereocenters. The lowest BCUT2D eigenvalue weighted by Crippen LogP contribution is -2.17. The van der Waals surface area contributed by atoms with Crippen LogP contribution in [0.25, 0.3) is 0 Å². The maximum atomic E-state index is 11.3. The second-order valence-corrected chi connectivity index (χ2v) is 6.07. The van der Waals surface area contributed by atoms with Gasteiger partial charge in [-0.3, -0.25) is 10.1 Å². The van der Waals surface area contributed by atoms with Gasteiger partial charge in [-0.05, 0) is 25.8 Å². The van der Waals surface area contributed by atoms with E-state index in [0.29, 0.717) is 11.4 Å². The Morgan fingerprint density at radius 2 is 2.00 bits per heavy atom. The Hall–Kier alpha value is -2.31. The van der Waals surface area contributed by atoms with Crippen LogP contribution in [0.4, 0.5) is 11.4 Å². The summed E-state index contributed by atoms with van der Waals surface area (Å²) >= 11 is 0. The molecule has 0 amide bonds. The molecule has 1 rings (SSSR count). The van der Waals surface area contributed by atoms with Gasteiger partial charge in [0.25, 0.3) is 5.69 Å². The number of carboxylic acids is 1. The molecule has 134 valence electrons. The number of unbranched alkanes of at least 4 members (excludes halogenated alkanes) is 3. The monoisotopic (exact) mass is 338 g/mol. The summed E-state index contributed by atoms with van der Waals surface area (Å²) < 4.78 is 5.87. The molecule has 0 aliphatic carbocycles. The Labute approximate surface area is 142 Å². The summed E-state index contributed by atoms with van der Waals surface area (Å²) in [6.45, 7) is 4.06. The molecule has 1 aromatic rings. The van der Waals surface area contributed by atoms with Gasteiger partial charge in [-0.2, -0.15) is 0 Å². The van der Waals surface area contributed by atoms with Crippen molar-refractivity contribution in [1.82, 2.24) is 0 Å². The fraction of sp³-hybridized carbons (Fsp3) is 0.588. The molecule has 0 bridgehead atoms. The average Bonchev–Trinajstić information content (AvgIpc) is 2.50. The summed E-state index contributed by atoms with van der Waals surface area (Å²) in [4.78, 5) is 23.4. The van der Waals surface area contributed by atoms with Gasteiger partial charge in [0, 0.05) is 14.1 Å². The van der Waals surface area contributed by atoms with Crippen molar-refractivity contribution in [2.24, 2.45) is 0 Å². The van der Waals surface area contributed by atoms with Crippen LogP contribution in [0, 0.1) is 10.1 Å². The summed E-state index contributed by atoms with van der Waals surface area (Å²) in [5.41, 5.74) is -0.286. The molecule has 0 aliphatic heterocycles. The standard InChI is InChI=1S/C17H26N2O5/c1-5-6-7-8-9-12(2)24-16-11-14(19(22)23)13(17(20)21)10-15(16)18(3)4/h10-12H,5-9H2,1-4H3,(H,20,21)/t12-/m1/s1. The molecule has 0 spiro atoms. The highest BCUT2D eigenvalue weighted by Gasteiger charge is 2.25. The number of ether oxygens (including phenoxy) is 1. The summed E-state index contributed by atoms with van der Waals surface area (Å²) in [5.74, 6) is -0.997. The number of carboxylic acid groups (broad SMARTS) is 1. The minimum atomic E-state index is -1.33. The quantitative estimate of drug-likeness (QED) is 0.392. The van der Waals surface area contributed by atoms with Crippen LogP contribution < -0.4 is 9.64 Å². The number of carbonyl (C=O) groups is 1. The first-order valence-electron chi connectivity index (χ1n) is 8.17. The van der Waals surface area contributed by atoms with Crippen LogP contribution in [-0.4, -0.2) is 36.2 Å². The molecular weight excluding hydrogens is 312 g/mol. The molecule has 1 N–H and O–H groups in total. The van der Waals surface area contributed by atoms with Gasteiger partial charge in [-0.15, -0.1) is 0 Å². The molecular formula is C17H26N2O5. The number of aromatic carboxylic acids is 1. The van der Waals surface area contributed by atoms with Crippen molar-refractivity contribution in [2.75, 3.05) is 19.0 Å². The van der Waals surface area contributed by atoms with E-state index in [4.69, 9.17) is 4.74 Å². The van der Waals surface area contributed by atoms with Gasteiger partial charge >= 0.3 is 5.97 Å². The first kappa shape index (κ1) is 19.7. The van der Waals surface area contributed by atoms with E-state index >= 15 is 0 Å². The van der Waals surface area contributed by atoms with E-state index in [1.165, 1.54) is 18.6 Å². The summed E-state index contributed by atoms with van der Waals surface area (Å²) in [6, 6.07) is 2.50. The SMILES string of the molecule is CCCCCC[C@@H](C)Oc1cc([N+](=O)[O-])c(C(=O)O)cc1N(C)C. The molecule has 7 nitrogen and oxygen atoms in total. The zero-order valence-electron chi connectivity index (χ0n) is 14.7. The van der Waals surface area contributed by atoms with Crippen molar-refractivity contribution in [3.63, 3.8) is 0 Å². The Balaban J connectivity index is 3.05. The summed E-state index contributed by atoms with van der Waals surface area (Å²) in [5, 5.41) is 20.4. The average molecular weight is 338 g/mol. The highest BCUT2D eigenvalue weighted by atomic mass is 16.6. The third kappa shape index (κ3) is 5.40. The van der Waals surface area contributed by atoms with E-state index in [1.54, 1.807) is 19.0 Å². The van der Waals surface area contributed by atoms with Crippen molar-refractivity contribution in [2.45, 2.75) is 52.1 Å². The van der Waals surface area contributed by atoms with Crippen molar-refractivity contribution < 1.29 is 19.6 Å². The van der Waals surface area contributed by atoms with Crippen molar-refractivity contribution in [1.29, 1.82) is 0 Å². The highest BCUT2D eigenvalue weighted by Crippen LogP contribution is 2.35. The van der Waals surface area contributed by atoms with E-state index in [-0.39, 0.29) is 11.7 Å². The molecule has 0 fully saturated rings. The smallest absolute Gasteiger partial charge is 0.342 e. The molecule has 0 saturated heterocycles. The first-order chi connectivity index (χ1) is 11.3. The summed E-state index contributed by atoms with van der Waals surface area (Å²) in [6.07, 6.45) is 5.24. The van der Waals surface area contributed by atoms with E-state index in [1.807, 2.05) is 6.92 Å². The zero-order valence-corrected chi connectivity index (χ0v) is 14.7. The van der Waals surface area contributed by atoms with E-state index in [2.05, 4.69) is 6.92 Å². The van der Waals surface area contributed by atoms with Crippen LogP contribution in [0.3, 0.4) is 0 Å². The number of hydrogen-bond acceptors (Lipinski definition) is 5. The number of nitrogens with zero attached hydrogens (tertiary/aromatic N) is 2. The Kier molecular flexibility index (Phi) is 7.48. The lowest BCUT2D eigenvalue weighted by atomic mass is 10.1. The third-order valence-corrected chi connectivity index (χ3v) is 3.78. The van der Waals surface area contributed by atoms with Gasteiger partial charge in [-0.25, -0.2) is 4.79 Å². The van der Waals surface area contributed by atoms with Crippen LogP contribution in [0.15, 0.2) is 12.1 Å². The second-order valence-electron chi connectivity index (χ2n) is 6.07. The van der Waals surface area contributed by atoms with Gasteiger partial charge in [0.05, 0.1) is 22.8 Å². The zero-order chi connectivity index (χ0) is 18.3. The van der Waals surface area contributed by atoms with Gasteiger partial charge in [0.1, 0.15) is 11.3 Å². The normalized spacial score (nSPS) is 11.8. The van der Waals surface area contributed by atoms with Crippen LogP contribution in [0.1, 0.15) is 56.3 Å². The minimum absolute atomic E-state index is 0.101. The number of hydrogen-bond donors (Lipinski definition) is 1. The fourth-order valence-corrected chi connectivity index (χ4v) is 2.46. The molecule has 0 heterocycles. The number of rotatable bonds is 10. The Morgan fingerprint density at radius 1 is 1.33 bits per heavy atom. The molecule has 1 aromatic carbocycles. The first-order valence-corrected chi connectivity index (χ1v) is 8.17. The van der Waals surface area contributed by atoms with Crippen molar-refractivity contribution in [3.05, 3.63) is 27.8 Å². The highest BCUT2D eigenvalue weighted by molar-refractivity contribution is 5.94. The molecule has 7 heteroatoms. The van der Waals surface area contributed by atoms with E-state index < -0.39 is 16.6 Å². The van der Waals surface area contributed by atoms with Gasteiger partial charge in [0.2, 0.25) is 0 Å². The molecule has 0 aliphatic rings. The second kappa shape index (κ2) is 9.10.